The van der Waals surface area contributed by atoms with Crippen molar-refractivity contribution in [1.82, 2.24) is 14.5 Å². The van der Waals surface area contributed by atoms with Crippen LogP contribution in [-0.2, 0) is 10.0 Å². The zero-order chi connectivity index (χ0) is 18.7. The van der Waals surface area contributed by atoms with Crippen molar-refractivity contribution >= 4 is 15.9 Å². The summed E-state index contributed by atoms with van der Waals surface area (Å²) in [6.45, 7) is 3.91. The molecule has 2 heterocycles. The van der Waals surface area contributed by atoms with Gasteiger partial charge in [-0.2, -0.15) is 4.31 Å². The van der Waals surface area contributed by atoms with Crippen LogP contribution in [-0.4, -0.2) is 62.3 Å². The van der Waals surface area contributed by atoms with Crippen LogP contribution < -0.4 is 5.32 Å². The smallest absolute Gasteiger partial charge is 0.253 e. The molecule has 1 unspecified atom stereocenters. The minimum atomic E-state index is -3.56. The predicted molar refractivity (Wildman–Crippen MR) is 102 cm³/mol. The van der Waals surface area contributed by atoms with Crippen LogP contribution in [0.3, 0.4) is 0 Å². The first-order chi connectivity index (χ1) is 12.4. The topological polar surface area (TPSA) is 69.7 Å². The molecule has 0 spiro atoms. The molecule has 7 heteroatoms. The summed E-state index contributed by atoms with van der Waals surface area (Å²) in [5, 5.41) is 3.25. The standard InChI is InChI=1S/C19H29N3O3S/c1-15-6-3-4-11-22(15)26(24,25)18-8-5-7-16(14-18)19(23)21-12-9-17(20-2)10-13-21/h5,7-8,14-15,17,20H,3-4,6,9-13H2,1-2H3. The number of carbonyl (C=O) groups excluding carboxylic acids is 1. The lowest BCUT2D eigenvalue weighted by molar-refractivity contribution is 0.0707. The van der Waals surface area contributed by atoms with Gasteiger partial charge in [0.25, 0.3) is 5.91 Å². The number of hydrogen-bond acceptors (Lipinski definition) is 4. The zero-order valence-corrected chi connectivity index (χ0v) is 16.5. The van der Waals surface area contributed by atoms with Crippen LogP contribution >= 0.6 is 0 Å². The van der Waals surface area contributed by atoms with Crippen molar-refractivity contribution in [3.63, 3.8) is 0 Å². The number of piperidine rings is 2. The summed E-state index contributed by atoms with van der Waals surface area (Å²) in [5.41, 5.74) is 0.457. The Morgan fingerprint density at radius 2 is 1.85 bits per heavy atom. The van der Waals surface area contributed by atoms with E-state index in [1.165, 1.54) is 0 Å². The fourth-order valence-corrected chi connectivity index (χ4v) is 5.65. The molecule has 0 radical (unpaired) electrons. The lowest BCUT2D eigenvalue weighted by atomic mass is 10.0. The van der Waals surface area contributed by atoms with Crippen LogP contribution in [0.15, 0.2) is 29.2 Å². The fraction of sp³-hybridized carbons (Fsp3) is 0.632. The molecule has 26 heavy (non-hydrogen) atoms. The summed E-state index contributed by atoms with van der Waals surface area (Å²) >= 11 is 0. The van der Waals surface area contributed by atoms with E-state index >= 15 is 0 Å². The molecular formula is C19H29N3O3S. The van der Waals surface area contributed by atoms with Crippen molar-refractivity contribution in [2.75, 3.05) is 26.7 Å². The van der Waals surface area contributed by atoms with Gasteiger partial charge in [-0.3, -0.25) is 4.79 Å². The van der Waals surface area contributed by atoms with Crippen LogP contribution in [0.4, 0.5) is 0 Å². The third-order valence-corrected chi connectivity index (χ3v) is 7.63. The van der Waals surface area contributed by atoms with Crippen LogP contribution in [0.2, 0.25) is 0 Å². The van der Waals surface area contributed by atoms with Crippen LogP contribution in [0.5, 0.6) is 0 Å². The summed E-state index contributed by atoms with van der Waals surface area (Å²) in [4.78, 5) is 14.9. The van der Waals surface area contributed by atoms with Crippen molar-refractivity contribution in [2.24, 2.45) is 0 Å². The number of sulfonamides is 1. The maximum Gasteiger partial charge on any atom is 0.253 e. The van der Waals surface area contributed by atoms with Gasteiger partial charge in [0.2, 0.25) is 10.0 Å². The van der Waals surface area contributed by atoms with E-state index in [1.807, 2.05) is 18.9 Å². The average Bonchev–Trinajstić information content (AvgIpc) is 2.68. The second kappa shape index (κ2) is 8.06. The third-order valence-electron chi connectivity index (χ3n) is 5.62. The van der Waals surface area contributed by atoms with Crippen molar-refractivity contribution in [3.05, 3.63) is 29.8 Å². The van der Waals surface area contributed by atoms with Gasteiger partial charge >= 0.3 is 0 Å². The second-order valence-electron chi connectivity index (χ2n) is 7.34. The molecule has 0 saturated carbocycles. The molecule has 0 aliphatic carbocycles. The number of rotatable bonds is 4. The van der Waals surface area contributed by atoms with Gasteiger partial charge in [-0.05, 0) is 57.9 Å². The number of hydrogen-bond donors (Lipinski definition) is 1. The Hall–Kier alpha value is -1.44. The Kier molecular flexibility index (Phi) is 5.99. The summed E-state index contributed by atoms with van der Waals surface area (Å²) < 4.78 is 27.6. The number of benzene rings is 1. The molecule has 2 fully saturated rings. The van der Waals surface area contributed by atoms with Gasteiger partial charge in [-0.1, -0.05) is 12.5 Å². The van der Waals surface area contributed by atoms with E-state index in [4.69, 9.17) is 0 Å². The molecule has 1 atom stereocenters. The van der Waals surface area contributed by atoms with Crippen molar-refractivity contribution in [3.8, 4) is 0 Å². The predicted octanol–water partition coefficient (Wildman–Crippen LogP) is 2.07. The summed E-state index contributed by atoms with van der Waals surface area (Å²) in [5.74, 6) is -0.0803. The van der Waals surface area contributed by atoms with E-state index < -0.39 is 10.0 Å². The summed E-state index contributed by atoms with van der Waals surface area (Å²) in [6, 6.07) is 6.99. The molecule has 2 aliphatic heterocycles. The first-order valence-electron chi connectivity index (χ1n) is 9.52. The van der Waals surface area contributed by atoms with Gasteiger partial charge in [-0.25, -0.2) is 8.42 Å². The zero-order valence-electron chi connectivity index (χ0n) is 15.6. The molecule has 1 aromatic rings. The van der Waals surface area contributed by atoms with Gasteiger partial charge in [-0.15, -0.1) is 0 Å². The molecule has 2 saturated heterocycles. The molecular weight excluding hydrogens is 350 g/mol. The molecule has 144 valence electrons. The number of carbonyl (C=O) groups is 1. The SMILES string of the molecule is CNC1CCN(C(=O)c2cccc(S(=O)(=O)N3CCCCC3C)c2)CC1. The summed E-state index contributed by atoms with van der Waals surface area (Å²) in [7, 11) is -1.62. The number of nitrogens with one attached hydrogen (secondary N) is 1. The number of likely N-dealkylation sites (tertiary alicyclic amines) is 1. The number of amides is 1. The Morgan fingerprint density at radius 1 is 1.12 bits per heavy atom. The van der Waals surface area contributed by atoms with E-state index in [-0.39, 0.29) is 16.8 Å². The molecule has 0 aromatic heterocycles. The lowest BCUT2D eigenvalue weighted by Gasteiger charge is -2.33. The Balaban J connectivity index is 1.78. The van der Waals surface area contributed by atoms with E-state index in [2.05, 4.69) is 5.32 Å². The highest BCUT2D eigenvalue weighted by Gasteiger charge is 2.31. The molecule has 0 bridgehead atoms. The Bertz CT molecular complexity index is 742. The summed E-state index contributed by atoms with van der Waals surface area (Å²) in [6.07, 6.45) is 4.69. The minimum absolute atomic E-state index is 0.00804. The van der Waals surface area contributed by atoms with Gasteiger partial charge < -0.3 is 10.2 Å². The highest BCUT2D eigenvalue weighted by atomic mass is 32.2. The van der Waals surface area contributed by atoms with Gasteiger partial charge in [0.05, 0.1) is 4.90 Å². The maximum absolute atomic E-state index is 13.0. The van der Waals surface area contributed by atoms with Crippen LogP contribution in [0.25, 0.3) is 0 Å². The van der Waals surface area contributed by atoms with Gasteiger partial charge in [0, 0.05) is 37.3 Å². The van der Waals surface area contributed by atoms with E-state index in [0.29, 0.717) is 31.2 Å². The third kappa shape index (κ3) is 3.94. The first-order valence-corrected chi connectivity index (χ1v) is 11.0. The quantitative estimate of drug-likeness (QED) is 0.870. The molecule has 1 N–H and O–H groups in total. The molecule has 2 aliphatic rings. The van der Waals surface area contributed by atoms with E-state index in [1.54, 1.807) is 28.6 Å². The normalized spacial score (nSPS) is 23.2. The van der Waals surface area contributed by atoms with Gasteiger partial charge in [0.1, 0.15) is 0 Å². The second-order valence-corrected chi connectivity index (χ2v) is 9.23. The largest absolute Gasteiger partial charge is 0.339 e. The van der Waals surface area contributed by atoms with E-state index in [9.17, 15) is 13.2 Å². The highest BCUT2D eigenvalue weighted by Crippen LogP contribution is 2.26. The average molecular weight is 380 g/mol. The van der Waals surface area contributed by atoms with Crippen LogP contribution in [0.1, 0.15) is 49.4 Å². The van der Waals surface area contributed by atoms with Crippen molar-refractivity contribution in [1.29, 1.82) is 0 Å². The minimum Gasteiger partial charge on any atom is -0.339 e. The van der Waals surface area contributed by atoms with Crippen molar-refractivity contribution in [2.45, 2.75) is 56.0 Å². The lowest BCUT2D eigenvalue weighted by Crippen LogP contribution is -2.44. The highest BCUT2D eigenvalue weighted by molar-refractivity contribution is 7.89. The molecule has 3 rings (SSSR count). The molecule has 1 amide bonds. The fourth-order valence-electron chi connectivity index (χ4n) is 3.91. The Morgan fingerprint density at radius 3 is 2.50 bits per heavy atom. The molecule has 6 nitrogen and oxygen atoms in total. The van der Waals surface area contributed by atoms with Crippen molar-refractivity contribution < 1.29 is 13.2 Å². The molecule has 1 aromatic carbocycles. The van der Waals surface area contributed by atoms with Gasteiger partial charge in [0.15, 0.2) is 0 Å². The Labute approximate surface area is 156 Å². The maximum atomic E-state index is 13.0. The first kappa shape index (κ1) is 19.3. The monoisotopic (exact) mass is 379 g/mol. The number of nitrogens with zero attached hydrogens (tertiary/aromatic N) is 2. The van der Waals surface area contributed by atoms with E-state index in [0.717, 1.165) is 32.1 Å². The van der Waals surface area contributed by atoms with Crippen LogP contribution in [0, 0.1) is 0 Å².